The van der Waals surface area contributed by atoms with Gasteiger partial charge in [-0.2, -0.15) is 0 Å². The summed E-state index contributed by atoms with van der Waals surface area (Å²) in [4.78, 5) is 17.1. The third-order valence-corrected chi connectivity index (χ3v) is 5.81. The van der Waals surface area contributed by atoms with Gasteiger partial charge in [0.2, 0.25) is 0 Å². The van der Waals surface area contributed by atoms with Crippen LogP contribution in [-0.4, -0.2) is 47.9 Å². The monoisotopic (exact) mass is 370 g/mol. The van der Waals surface area contributed by atoms with E-state index in [-0.39, 0.29) is 5.91 Å². The Morgan fingerprint density at radius 3 is 2.43 bits per heavy atom. The van der Waals surface area contributed by atoms with Crippen LogP contribution in [0, 0.1) is 0 Å². The van der Waals surface area contributed by atoms with Crippen molar-refractivity contribution in [1.29, 1.82) is 0 Å². The Balaban J connectivity index is 1.60. The average molecular weight is 372 g/mol. The summed E-state index contributed by atoms with van der Waals surface area (Å²) in [5.41, 5.74) is 0.683. The predicted molar refractivity (Wildman–Crippen MR) is 88.9 cm³/mol. The molecule has 0 bridgehead atoms. The van der Waals surface area contributed by atoms with Gasteiger partial charge in [0.05, 0.1) is 5.02 Å². The van der Waals surface area contributed by atoms with E-state index in [1.807, 2.05) is 17.0 Å². The minimum absolute atomic E-state index is 0.101. The number of piperidine rings is 1. The molecule has 114 valence electrons. The minimum atomic E-state index is 0.101. The first-order chi connectivity index (χ1) is 10.1. The van der Waals surface area contributed by atoms with Gasteiger partial charge in [0, 0.05) is 29.2 Å². The normalized spacial score (nSPS) is 21.0. The highest BCUT2D eigenvalue weighted by molar-refractivity contribution is 9.10. The quantitative estimate of drug-likeness (QED) is 0.789. The van der Waals surface area contributed by atoms with E-state index in [1.165, 1.54) is 25.9 Å². The van der Waals surface area contributed by atoms with Crippen molar-refractivity contribution in [3.8, 4) is 0 Å². The predicted octanol–water partition coefficient (Wildman–Crippen LogP) is 3.80. The number of nitrogens with zero attached hydrogens (tertiary/aromatic N) is 2. The molecule has 21 heavy (non-hydrogen) atoms. The van der Waals surface area contributed by atoms with Crippen molar-refractivity contribution in [2.45, 2.75) is 31.7 Å². The van der Waals surface area contributed by atoms with E-state index in [2.05, 4.69) is 20.8 Å². The molecule has 1 amide bonds. The zero-order valence-corrected chi connectivity index (χ0v) is 14.4. The summed E-state index contributed by atoms with van der Waals surface area (Å²) in [7, 11) is 0. The van der Waals surface area contributed by atoms with Gasteiger partial charge in [0.25, 0.3) is 5.91 Å². The second-order valence-corrected chi connectivity index (χ2v) is 7.16. The van der Waals surface area contributed by atoms with Crippen molar-refractivity contribution in [3.63, 3.8) is 0 Å². The molecular weight excluding hydrogens is 352 g/mol. The molecule has 2 aliphatic rings. The van der Waals surface area contributed by atoms with Gasteiger partial charge in [-0.3, -0.25) is 4.79 Å². The highest BCUT2D eigenvalue weighted by Gasteiger charge is 2.28. The van der Waals surface area contributed by atoms with E-state index in [1.54, 1.807) is 6.07 Å². The van der Waals surface area contributed by atoms with Crippen molar-refractivity contribution >= 4 is 33.4 Å². The number of carbonyl (C=O) groups is 1. The van der Waals surface area contributed by atoms with Crippen LogP contribution in [0.25, 0.3) is 0 Å². The molecule has 0 aliphatic carbocycles. The fraction of sp³-hybridized carbons (Fsp3) is 0.562. The lowest BCUT2D eigenvalue weighted by Crippen LogP contribution is -2.45. The number of benzene rings is 1. The molecule has 2 heterocycles. The molecule has 1 aromatic rings. The molecule has 5 heteroatoms. The summed E-state index contributed by atoms with van der Waals surface area (Å²) in [5.74, 6) is 0.101. The van der Waals surface area contributed by atoms with E-state index in [9.17, 15) is 4.79 Å². The number of amides is 1. The van der Waals surface area contributed by atoms with Crippen LogP contribution in [0.1, 0.15) is 36.0 Å². The van der Waals surface area contributed by atoms with Crippen molar-refractivity contribution in [2.75, 3.05) is 26.2 Å². The fourth-order valence-electron chi connectivity index (χ4n) is 3.35. The SMILES string of the molecule is O=C(c1ccc(Br)c(Cl)c1)N1CCC(N2CCCC2)CC1. The van der Waals surface area contributed by atoms with Crippen LogP contribution in [0.4, 0.5) is 0 Å². The molecule has 3 rings (SSSR count). The van der Waals surface area contributed by atoms with Crippen LogP contribution in [0.3, 0.4) is 0 Å². The van der Waals surface area contributed by atoms with Crippen molar-refractivity contribution in [3.05, 3.63) is 33.3 Å². The average Bonchev–Trinajstić information content (AvgIpc) is 3.04. The summed E-state index contributed by atoms with van der Waals surface area (Å²) in [6.45, 7) is 4.18. The molecule has 0 aromatic heterocycles. The maximum absolute atomic E-state index is 12.5. The van der Waals surface area contributed by atoms with E-state index >= 15 is 0 Å². The van der Waals surface area contributed by atoms with Crippen LogP contribution >= 0.6 is 27.5 Å². The number of hydrogen-bond donors (Lipinski definition) is 0. The second-order valence-electron chi connectivity index (χ2n) is 5.90. The minimum Gasteiger partial charge on any atom is -0.339 e. The molecule has 2 aliphatic heterocycles. The first-order valence-electron chi connectivity index (χ1n) is 7.63. The number of carbonyl (C=O) groups excluding carboxylic acids is 1. The van der Waals surface area contributed by atoms with E-state index < -0.39 is 0 Å². The zero-order chi connectivity index (χ0) is 14.8. The van der Waals surface area contributed by atoms with Gasteiger partial charge in [0.1, 0.15) is 0 Å². The number of rotatable bonds is 2. The van der Waals surface area contributed by atoms with Crippen molar-refractivity contribution < 1.29 is 4.79 Å². The number of likely N-dealkylation sites (tertiary alicyclic amines) is 2. The maximum atomic E-state index is 12.5. The van der Waals surface area contributed by atoms with Gasteiger partial charge in [-0.25, -0.2) is 0 Å². The zero-order valence-electron chi connectivity index (χ0n) is 12.0. The highest BCUT2D eigenvalue weighted by Crippen LogP contribution is 2.25. The molecule has 0 N–H and O–H groups in total. The lowest BCUT2D eigenvalue weighted by Gasteiger charge is -2.36. The van der Waals surface area contributed by atoms with Crippen LogP contribution < -0.4 is 0 Å². The molecular formula is C16H20BrClN2O. The van der Waals surface area contributed by atoms with Crippen LogP contribution in [0.15, 0.2) is 22.7 Å². The van der Waals surface area contributed by atoms with Gasteiger partial charge in [-0.1, -0.05) is 11.6 Å². The maximum Gasteiger partial charge on any atom is 0.253 e. The van der Waals surface area contributed by atoms with E-state index in [0.29, 0.717) is 16.6 Å². The van der Waals surface area contributed by atoms with Gasteiger partial charge >= 0.3 is 0 Å². The van der Waals surface area contributed by atoms with Gasteiger partial charge in [-0.15, -0.1) is 0 Å². The smallest absolute Gasteiger partial charge is 0.253 e. The Labute approximate surface area is 139 Å². The van der Waals surface area contributed by atoms with Gasteiger partial charge < -0.3 is 9.80 Å². The third-order valence-electron chi connectivity index (χ3n) is 4.58. The van der Waals surface area contributed by atoms with Gasteiger partial charge in [0.15, 0.2) is 0 Å². The Morgan fingerprint density at radius 2 is 1.81 bits per heavy atom. The Morgan fingerprint density at radius 1 is 1.14 bits per heavy atom. The summed E-state index contributed by atoms with van der Waals surface area (Å²) in [5, 5.41) is 0.591. The topological polar surface area (TPSA) is 23.6 Å². The second kappa shape index (κ2) is 6.67. The third kappa shape index (κ3) is 3.43. The molecule has 0 unspecified atom stereocenters. The lowest BCUT2D eigenvalue weighted by molar-refractivity contribution is 0.0644. The standard InChI is InChI=1S/C16H20BrClN2O/c17-14-4-3-12(11-15(14)18)16(21)20-9-5-13(6-10-20)19-7-1-2-8-19/h3-4,11,13H,1-2,5-10H2. The molecule has 3 nitrogen and oxygen atoms in total. The van der Waals surface area contributed by atoms with Crippen molar-refractivity contribution in [1.82, 2.24) is 9.80 Å². The lowest BCUT2D eigenvalue weighted by atomic mass is 10.0. The summed E-state index contributed by atoms with van der Waals surface area (Å²) < 4.78 is 0.827. The summed E-state index contributed by atoms with van der Waals surface area (Å²) in [6, 6.07) is 6.10. The highest BCUT2D eigenvalue weighted by atomic mass is 79.9. The first-order valence-corrected chi connectivity index (χ1v) is 8.80. The molecule has 0 saturated carbocycles. The Bertz CT molecular complexity index is 523. The molecule has 0 atom stereocenters. The molecule has 2 fully saturated rings. The van der Waals surface area contributed by atoms with E-state index in [4.69, 9.17) is 11.6 Å². The largest absolute Gasteiger partial charge is 0.339 e. The number of halogens is 2. The van der Waals surface area contributed by atoms with Crippen molar-refractivity contribution in [2.24, 2.45) is 0 Å². The molecule has 0 spiro atoms. The van der Waals surface area contributed by atoms with Crippen LogP contribution in [0.5, 0.6) is 0 Å². The summed E-state index contributed by atoms with van der Waals surface area (Å²) >= 11 is 9.44. The Hall–Kier alpha value is -0.580. The fourth-order valence-corrected chi connectivity index (χ4v) is 3.78. The molecule has 1 aromatic carbocycles. The molecule has 2 saturated heterocycles. The Kier molecular flexibility index (Phi) is 4.87. The van der Waals surface area contributed by atoms with Crippen LogP contribution in [-0.2, 0) is 0 Å². The molecule has 0 radical (unpaired) electrons. The first kappa shape index (κ1) is 15.3. The summed E-state index contributed by atoms with van der Waals surface area (Å²) in [6.07, 6.45) is 4.85. The van der Waals surface area contributed by atoms with E-state index in [0.717, 1.165) is 30.4 Å². The van der Waals surface area contributed by atoms with Crippen LogP contribution in [0.2, 0.25) is 5.02 Å². The number of hydrogen-bond acceptors (Lipinski definition) is 2. The van der Waals surface area contributed by atoms with Gasteiger partial charge in [-0.05, 0) is 72.9 Å².